The van der Waals surface area contributed by atoms with Crippen molar-refractivity contribution >= 4 is 41.0 Å². The lowest BCUT2D eigenvalue weighted by Crippen LogP contribution is -2.23. The van der Waals surface area contributed by atoms with Gasteiger partial charge in [0.05, 0.1) is 19.9 Å². The van der Waals surface area contributed by atoms with E-state index < -0.39 is 0 Å². The first-order valence-electron chi connectivity index (χ1n) is 9.79. The van der Waals surface area contributed by atoms with Crippen LogP contribution in [0.4, 0.5) is 5.69 Å². The number of anilines is 1. The molecule has 0 spiro atoms. The van der Waals surface area contributed by atoms with Crippen LogP contribution >= 0.6 is 24.0 Å². The lowest BCUT2D eigenvalue weighted by atomic mass is 10.1. The van der Waals surface area contributed by atoms with Crippen LogP contribution in [0.3, 0.4) is 0 Å². The molecule has 2 N–H and O–H groups in total. The summed E-state index contributed by atoms with van der Waals surface area (Å²) in [4.78, 5) is 1.24. The fourth-order valence-corrected chi connectivity index (χ4v) is 3.64. The van der Waals surface area contributed by atoms with Gasteiger partial charge in [-0.25, -0.2) is 0 Å². The molecular formula is C24H25N3O2S2. The lowest BCUT2D eigenvalue weighted by Gasteiger charge is -2.10. The molecule has 0 fully saturated rings. The highest BCUT2D eigenvalue weighted by atomic mass is 32.2. The van der Waals surface area contributed by atoms with Gasteiger partial charge in [-0.3, -0.25) is 5.43 Å². The first-order chi connectivity index (χ1) is 15.1. The summed E-state index contributed by atoms with van der Waals surface area (Å²) < 4.78 is 11.1. The number of hydrazone groups is 1. The molecule has 0 bridgehead atoms. The third kappa shape index (κ3) is 7.62. The van der Waals surface area contributed by atoms with E-state index in [1.54, 1.807) is 25.1 Å². The minimum atomic E-state index is 0.399. The fraction of sp³-hybridized carbons (Fsp3) is 0.167. The van der Waals surface area contributed by atoms with Gasteiger partial charge in [0, 0.05) is 21.9 Å². The lowest BCUT2D eigenvalue weighted by molar-refractivity contribution is 0.343. The number of methoxy groups -OCH3 is 1. The van der Waals surface area contributed by atoms with Crippen molar-refractivity contribution in [3.63, 3.8) is 0 Å². The van der Waals surface area contributed by atoms with Crippen molar-refractivity contribution in [2.24, 2.45) is 5.10 Å². The maximum atomic E-state index is 5.99. The van der Waals surface area contributed by atoms with Crippen LogP contribution in [-0.4, -0.2) is 30.8 Å². The van der Waals surface area contributed by atoms with E-state index in [2.05, 4.69) is 28.0 Å². The van der Waals surface area contributed by atoms with Gasteiger partial charge in [-0.15, -0.1) is 11.8 Å². The summed E-state index contributed by atoms with van der Waals surface area (Å²) >= 11 is 7.07. The molecule has 3 aromatic rings. The van der Waals surface area contributed by atoms with Gasteiger partial charge in [-0.05, 0) is 67.7 Å². The maximum absolute atomic E-state index is 5.99. The van der Waals surface area contributed by atoms with Gasteiger partial charge < -0.3 is 14.8 Å². The molecule has 0 aliphatic heterocycles. The van der Waals surface area contributed by atoms with Crippen LogP contribution < -0.4 is 20.2 Å². The average Bonchev–Trinajstić information content (AvgIpc) is 2.79. The Morgan fingerprint density at radius 2 is 1.84 bits per heavy atom. The molecule has 0 saturated heterocycles. The molecule has 0 atom stereocenters. The van der Waals surface area contributed by atoms with Crippen LogP contribution in [0, 0.1) is 6.92 Å². The van der Waals surface area contributed by atoms with E-state index >= 15 is 0 Å². The Morgan fingerprint density at radius 3 is 2.58 bits per heavy atom. The van der Waals surface area contributed by atoms with Gasteiger partial charge in [0.25, 0.3) is 0 Å². The highest BCUT2D eigenvalue weighted by molar-refractivity contribution is 7.99. The molecule has 160 valence electrons. The number of hydrogen-bond donors (Lipinski definition) is 2. The molecule has 0 radical (unpaired) electrons. The SMILES string of the molecule is COc1ccc(NC(=S)N/N=C\c2cc(C)ccc2OCCSc2ccccc2)cc1. The van der Waals surface area contributed by atoms with Crippen LogP contribution in [0.2, 0.25) is 0 Å². The first-order valence-corrected chi connectivity index (χ1v) is 11.2. The molecule has 0 saturated carbocycles. The van der Waals surface area contributed by atoms with Crippen LogP contribution in [0.25, 0.3) is 0 Å². The van der Waals surface area contributed by atoms with Gasteiger partial charge in [-0.2, -0.15) is 5.10 Å². The molecule has 7 heteroatoms. The van der Waals surface area contributed by atoms with Crippen LogP contribution in [0.15, 0.2) is 82.8 Å². The summed E-state index contributed by atoms with van der Waals surface area (Å²) in [6.45, 7) is 2.64. The maximum Gasteiger partial charge on any atom is 0.191 e. The van der Waals surface area contributed by atoms with E-state index in [0.717, 1.165) is 34.1 Å². The van der Waals surface area contributed by atoms with E-state index in [4.69, 9.17) is 21.7 Å². The van der Waals surface area contributed by atoms with Crippen molar-refractivity contribution in [1.82, 2.24) is 5.43 Å². The zero-order valence-corrected chi connectivity index (χ0v) is 19.1. The smallest absolute Gasteiger partial charge is 0.191 e. The Hall–Kier alpha value is -3.03. The number of nitrogens with one attached hydrogen (secondary N) is 2. The van der Waals surface area contributed by atoms with E-state index in [1.807, 2.05) is 67.6 Å². The second-order valence-corrected chi connectivity index (χ2v) is 8.18. The van der Waals surface area contributed by atoms with Gasteiger partial charge in [0.15, 0.2) is 5.11 Å². The number of thioether (sulfide) groups is 1. The van der Waals surface area contributed by atoms with E-state index in [1.165, 1.54) is 4.90 Å². The minimum Gasteiger partial charge on any atom is -0.497 e. The molecule has 0 aliphatic carbocycles. The topological polar surface area (TPSA) is 54.9 Å². The van der Waals surface area contributed by atoms with Crippen molar-refractivity contribution in [3.8, 4) is 11.5 Å². The highest BCUT2D eigenvalue weighted by Crippen LogP contribution is 2.21. The average molecular weight is 452 g/mol. The number of hydrogen-bond acceptors (Lipinski definition) is 5. The molecule has 0 aliphatic rings. The highest BCUT2D eigenvalue weighted by Gasteiger charge is 2.03. The Labute approximate surface area is 192 Å². The standard InChI is InChI=1S/C24H25N3O2S2/c1-18-8-13-23(29-14-15-31-22-6-4-3-5-7-22)19(16-18)17-25-27-24(30)26-20-9-11-21(28-2)12-10-20/h3-13,16-17H,14-15H2,1-2H3,(H2,26,27,30)/b25-17-. The van der Waals surface area contributed by atoms with Gasteiger partial charge in [0.2, 0.25) is 0 Å². The number of thiocarbonyl (C=S) groups is 1. The van der Waals surface area contributed by atoms with Gasteiger partial charge >= 0.3 is 0 Å². The van der Waals surface area contributed by atoms with Crippen molar-refractivity contribution in [2.45, 2.75) is 11.8 Å². The molecule has 3 rings (SSSR count). The summed E-state index contributed by atoms with van der Waals surface area (Å²) in [5.41, 5.74) is 5.72. The number of nitrogens with zero attached hydrogens (tertiary/aromatic N) is 1. The summed E-state index contributed by atoms with van der Waals surface area (Å²) in [6, 6.07) is 23.8. The van der Waals surface area contributed by atoms with E-state index in [0.29, 0.717) is 11.7 Å². The van der Waals surface area contributed by atoms with Crippen molar-refractivity contribution in [3.05, 3.63) is 83.9 Å². The largest absolute Gasteiger partial charge is 0.497 e. The van der Waals surface area contributed by atoms with Crippen LogP contribution in [-0.2, 0) is 0 Å². The Balaban J connectivity index is 1.51. The molecule has 0 aromatic heterocycles. The van der Waals surface area contributed by atoms with Gasteiger partial charge in [-0.1, -0.05) is 29.8 Å². The van der Waals surface area contributed by atoms with Crippen molar-refractivity contribution in [1.29, 1.82) is 0 Å². The summed E-state index contributed by atoms with van der Waals surface area (Å²) in [5, 5.41) is 7.74. The molecule has 0 unspecified atom stereocenters. The van der Waals surface area contributed by atoms with Crippen LogP contribution in [0.5, 0.6) is 11.5 Å². The predicted octanol–water partition coefficient (Wildman–Crippen LogP) is 5.50. The number of ether oxygens (including phenoxy) is 2. The third-order valence-corrected chi connectivity index (χ3v) is 5.41. The Morgan fingerprint density at radius 1 is 1.06 bits per heavy atom. The normalized spacial score (nSPS) is 10.6. The molecule has 31 heavy (non-hydrogen) atoms. The first kappa shape index (κ1) is 22.7. The zero-order chi connectivity index (χ0) is 21.9. The molecular weight excluding hydrogens is 426 g/mol. The number of aryl methyl sites for hydroxylation is 1. The molecule has 5 nitrogen and oxygen atoms in total. The quantitative estimate of drug-likeness (QED) is 0.147. The number of rotatable bonds is 9. The summed E-state index contributed by atoms with van der Waals surface area (Å²) in [7, 11) is 1.63. The molecule has 0 amide bonds. The second-order valence-electron chi connectivity index (χ2n) is 6.60. The Kier molecular flexibility index (Phi) is 8.75. The zero-order valence-electron chi connectivity index (χ0n) is 17.5. The predicted molar refractivity (Wildman–Crippen MR) is 134 cm³/mol. The van der Waals surface area contributed by atoms with Crippen LogP contribution in [0.1, 0.15) is 11.1 Å². The van der Waals surface area contributed by atoms with E-state index in [-0.39, 0.29) is 0 Å². The van der Waals surface area contributed by atoms with Gasteiger partial charge in [0.1, 0.15) is 11.5 Å². The molecule has 0 heterocycles. The third-order valence-electron chi connectivity index (χ3n) is 4.24. The second kappa shape index (κ2) is 12.0. The summed E-state index contributed by atoms with van der Waals surface area (Å²) in [6.07, 6.45) is 1.72. The van der Waals surface area contributed by atoms with Crippen molar-refractivity contribution < 1.29 is 9.47 Å². The fourth-order valence-electron chi connectivity index (χ4n) is 2.72. The minimum absolute atomic E-state index is 0.399. The number of benzene rings is 3. The van der Waals surface area contributed by atoms with E-state index in [9.17, 15) is 0 Å². The summed E-state index contributed by atoms with van der Waals surface area (Å²) in [5.74, 6) is 2.44. The molecule has 3 aromatic carbocycles. The monoisotopic (exact) mass is 451 g/mol. The Bertz CT molecular complexity index is 1010. The van der Waals surface area contributed by atoms with Crippen molar-refractivity contribution in [2.75, 3.05) is 24.8 Å².